The van der Waals surface area contributed by atoms with E-state index in [4.69, 9.17) is 0 Å². The number of nitrogens with one attached hydrogen (secondary N) is 1. The van der Waals surface area contributed by atoms with Crippen LogP contribution in [0, 0.1) is 23.7 Å². The number of hydrogen-bond acceptors (Lipinski definition) is 1. The van der Waals surface area contributed by atoms with Crippen molar-refractivity contribution in [2.24, 2.45) is 23.7 Å². The molecule has 3 atom stereocenters. The maximum atomic E-state index is 3.61. The third-order valence-electron chi connectivity index (χ3n) is 3.72. The Morgan fingerprint density at radius 2 is 2.14 bits per heavy atom. The monoisotopic (exact) mass is 193 g/mol. The fourth-order valence-electron chi connectivity index (χ4n) is 2.81. The summed E-state index contributed by atoms with van der Waals surface area (Å²) in [6.45, 7) is 7.04. The van der Waals surface area contributed by atoms with Gasteiger partial charge in [-0.05, 0) is 56.0 Å². The summed E-state index contributed by atoms with van der Waals surface area (Å²) in [6.07, 6.45) is 9.07. The average molecular weight is 193 g/mol. The first-order chi connectivity index (χ1) is 6.75. The predicted octanol–water partition coefficient (Wildman–Crippen LogP) is 2.83. The van der Waals surface area contributed by atoms with Crippen molar-refractivity contribution >= 4 is 0 Å². The molecule has 2 rings (SSSR count). The summed E-state index contributed by atoms with van der Waals surface area (Å²) in [4.78, 5) is 0. The van der Waals surface area contributed by atoms with Gasteiger partial charge in [0, 0.05) is 0 Å². The smallest absolute Gasteiger partial charge is 0.00147 e. The Hall–Kier alpha value is -0.300. The Morgan fingerprint density at radius 1 is 1.29 bits per heavy atom. The van der Waals surface area contributed by atoms with Gasteiger partial charge in [-0.2, -0.15) is 0 Å². The van der Waals surface area contributed by atoms with Crippen molar-refractivity contribution < 1.29 is 0 Å². The van der Waals surface area contributed by atoms with Gasteiger partial charge in [0.05, 0.1) is 0 Å². The van der Waals surface area contributed by atoms with Crippen LogP contribution in [-0.4, -0.2) is 13.1 Å². The Kier molecular flexibility index (Phi) is 3.27. The molecule has 0 aromatic carbocycles. The molecule has 14 heavy (non-hydrogen) atoms. The van der Waals surface area contributed by atoms with Crippen LogP contribution in [-0.2, 0) is 0 Å². The molecule has 0 saturated heterocycles. The Balaban J connectivity index is 1.61. The van der Waals surface area contributed by atoms with E-state index in [9.17, 15) is 0 Å². The van der Waals surface area contributed by atoms with Crippen LogP contribution in [0.2, 0.25) is 0 Å². The van der Waals surface area contributed by atoms with Gasteiger partial charge in [0.1, 0.15) is 0 Å². The average Bonchev–Trinajstić information content (AvgIpc) is 2.73. The topological polar surface area (TPSA) is 12.0 Å². The van der Waals surface area contributed by atoms with Crippen LogP contribution in [0.1, 0.15) is 33.1 Å². The quantitative estimate of drug-likeness (QED) is 0.523. The van der Waals surface area contributed by atoms with E-state index in [1.165, 1.54) is 32.4 Å². The summed E-state index contributed by atoms with van der Waals surface area (Å²) in [5.74, 6) is 3.61. The minimum Gasteiger partial charge on any atom is -0.316 e. The third kappa shape index (κ3) is 2.38. The molecule has 1 N–H and O–H groups in total. The highest BCUT2D eigenvalue weighted by Crippen LogP contribution is 2.42. The fraction of sp³-hybridized carbons (Fsp3) is 0.846. The van der Waals surface area contributed by atoms with E-state index >= 15 is 0 Å². The van der Waals surface area contributed by atoms with Crippen LogP contribution in [0.4, 0.5) is 0 Å². The van der Waals surface area contributed by atoms with Gasteiger partial charge in [0.15, 0.2) is 0 Å². The summed E-state index contributed by atoms with van der Waals surface area (Å²) in [7, 11) is 0. The Morgan fingerprint density at radius 3 is 2.71 bits per heavy atom. The molecule has 0 unspecified atom stereocenters. The van der Waals surface area contributed by atoms with E-state index in [2.05, 4.69) is 31.3 Å². The molecule has 0 aliphatic heterocycles. The van der Waals surface area contributed by atoms with E-state index in [1.54, 1.807) is 0 Å². The second-order valence-electron chi connectivity index (χ2n) is 5.43. The van der Waals surface area contributed by atoms with Gasteiger partial charge in [-0.25, -0.2) is 0 Å². The predicted molar refractivity (Wildman–Crippen MR) is 61.2 cm³/mol. The molecule has 0 radical (unpaired) electrons. The summed E-state index contributed by atoms with van der Waals surface area (Å²) < 4.78 is 0. The molecule has 0 heterocycles. The highest BCUT2D eigenvalue weighted by molar-refractivity contribution is 5.10. The van der Waals surface area contributed by atoms with E-state index in [-0.39, 0.29) is 0 Å². The molecular formula is C13H23N. The summed E-state index contributed by atoms with van der Waals surface area (Å²) in [5, 5.41) is 3.61. The second-order valence-corrected chi connectivity index (χ2v) is 5.43. The van der Waals surface area contributed by atoms with Crippen LogP contribution in [0.25, 0.3) is 0 Å². The standard InChI is InChI=1S/C13H23N/c1-10(2)5-6-14-9-13-8-11-3-4-12(13)7-11/h3-4,10-14H,5-9H2,1-2H3/t11-,12-,13+/m0/s1. The highest BCUT2D eigenvalue weighted by Gasteiger charge is 2.34. The number of allylic oxidation sites excluding steroid dienone is 2. The highest BCUT2D eigenvalue weighted by atomic mass is 14.9. The SMILES string of the molecule is CC(C)CCNC[C@H]1C[C@H]2C=C[C@H]1C2. The van der Waals surface area contributed by atoms with Crippen molar-refractivity contribution in [2.75, 3.05) is 13.1 Å². The molecule has 1 heteroatoms. The summed E-state index contributed by atoms with van der Waals surface area (Å²) in [6, 6.07) is 0. The van der Waals surface area contributed by atoms with Crippen LogP contribution in [0.5, 0.6) is 0 Å². The lowest BCUT2D eigenvalue weighted by Gasteiger charge is -2.18. The molecule has 0 amide bonds. The first kappa shape index (κ1) is 10.2. The number of fused-ring (bicyclic) bond motifs is 2. The molecule has 0 aromatic rings. The normalized spacial score (nSPS) is 34.6. The van der Waals surface area contributed by atoms with Gasteiger partial charge < -0.3 is 5.32 Å². The van der Waals surface area contributed by atoms with Crippen molar-refractivity contribution in [3.63, 3.8) is 0 Å². The van der Waals surface area contributed by atoms with Gasteiger partial charge in [-0.3, -0.25) is 0 Å². The lowest BCUT2D eigenvalue weighted by atomic mass is 9.93. The van der Waals surface area contributed by atoms with Crippen molar-refractivity contribution in [3.8, 4) is 0 Å². The van der Waals surface area contributed by atoms with Gasteiger partial charge in [-0.1, -0.05) is 26.0 Å². The minimum absolute atomic E-state index is 0.836. The molecule has 0 spiro atoms. The van der Waals surface area contributed by atoms with Gasteiger partial charge in [0.25, 0.3) is 0 Å². The maximum Gasteiger partial charge on any atom is -0.00147 e. The number of hydrogen-bond donors (Lipinski definition) is 1. The lowest BCUT2D eigenvalue weighted by Crippen LogP contribution is -2.26. The second kappa shape index (κ2) is 4.48. The molecule has 2 aliphatic carbocycles. The first-order valence-electron chi connectivity index (χ1n) is 6.14. The molecule has 1 fully saturated rings. The van der Waals surface area contributed by atoms with Crippen LogP contribution in [0.15, 0.2) is 12.2 Å². The Bertz CT molecular complexity index is 207. The molecule has 1 saturated carbocycles. The summed E-state index contributed by atoms with van der Waals surface area (Å²) in [5.41, 5.74) is 0. The van der Waals surface area contributed by atoms with E-state index in [1.807, 2.05) is 0 Å². The zero-order chi connectivity index (χ0) is 9.97. The van der Waals surface area contributed by atoms with Crippen LogP contribution in [0.3, 0.4) is 0 Å². The maximum absolute atomic E-state index is 3.61. The first-order valence-corrected chi connectivity index (χ1v) is 6.14. The van der Waals surface area contributed by atoms with Gasteiger partial charge in [0.2, 0.25) is 0 Å². The molecule has 2 bridgehead atoms. The van der Waals surface area contributed by atoms with Gasteiger partial charge >= 0.3 is 0 Å². The largest absolute Gasteiger partial charge is 0.316 e. The zero-order valence-electron chi connectivity index (χ0n) is 9.50. The van der Waals surface area contributed by atoms with Crippen molar-refractivity contribution in [1.82, 2.24) is 5.32 Å². The molecule has 80 valence electrons. The molecule has 1 nitrogen and oxygen atoms in total. The van der Waals surface area contributed by atoms with Crippen LogP contribution < -0.4 is 5.32 Å². The van der Waals surface area contributed by atoms with E-state index < -0.39 is 0 Å². The minimum atomic E-state index is 0.836. The van der Waals surface area contributed by atoms with Crippen molar-refractivity contribution in [1.29, 1.82) is 0 Å². The molecule has 0 aromatic heterocycles. The lowest BCUT2D eigenvalue weighted by molar-refractivity contribution is 0.405. The zero-order valence-corrected chi connectivity index (χ0v) is 9.50. The van der Waals surface area contributed by atoms with E-state index in [0.29, 0.717) is 0 Å². The molecular weight excluding hydrogens is 170 g/mol. The van der Waals surface area contributed by atoms with E-state index in [0.717, 1.165) is 23.7 Å². The van der Waals surface area contributed by atoms with Crippen LogP contribution >= 0.6 is 0 Å². The summed E-state index contributed by atoms with van der Waals surface area (Å²) >= 11 is 0. The van der Waals surface area contributed by atoms with Crippen molar-refractivity contribution in [2.45, 2.75) is 33.1 Å². The van der Waals surface area contributed by atoms with Gasteiger partial charge in [-0.15, -0.1) is 0 Å². The third-order valence-corrected chi connectivity index (χ3v) is 3.72. The fourth-order valence-corrected chi connectivity index (χ4v) is 2.81. The van der Waals surface area contributed by atoms with Crippen molar-refractivity contribution in [3.05, 3.63) is 12.2 Å². The molecule has 2 aliphatic rings. The Labute approximate surface area is 88.0 Å². The number of rotatable bonds is 5.